The summed E-state index contributed by atoms with van der Waals surface area (Å²) in [6.07, 6.45) is 0. The first-order chi connectivity index (χ1) is 12.2. The lowest BCUT2D eigenvalue weighted by atomic mass is 10.2. The molecule has 3 aromatic carbocycles. The maximum atomic E-state index is 13.0. The van der Waals surface area contributed by atoms with Gasteiger partial charge in [-0.2, -0.15) is 0 Å². The third-order valence-corrected chi connectivity index (χ3v) is 6.01. The Morgan fingerprint density at radius 1 is 0.920 bits per heavy atom. The molecule has 1 heterocycles. The molecule has 0 radical (unpaired) electrons. The molecule has 2 N–H and O–H groups in total. The summed E-state index contributed by atoms with van der Waals surface area (Å²) in [5, 5.41) is 0. The van der Waals surface area contributed by atoms with Gasteiger partial charge in [-0.3, -0.25) is 9.69 Å². The molecule has 0 fully saturated rings. The summed E-state index contributed by atoms with van der Waals surface area (Å²) in [7, 11) is 0. The number of nitrogens with zero attached hydrogens (tertiary/aromatic N) is 1. The van der Waals surface area contributed by atoms with Gasteiger partial charge in [-0.05, 0) is 42.5 Å². The van der Waals surface area contributed by atoms with Crippen molar-refractivity contribution in [2.24, 2.45) is 0 Å². The van der Waals surface area contributed by atoms with Crippen LogP contribution in [0.5, 0.6) is 0 Å². The van der Waals surface area contributed by atoms with E-state index in [2.05, 4.69) is 12.1 Å². The number of hydrogen-bond acceptors (Lipinski definition) is 4. The molecule has 0 bridgehead atoms. The Morgan fingerprint density at radius 3 is 2.20 bits per heavy atom. The van der Waals surface area contributed by atoms with Gasteiger partial charge in [0.2, 0.25) is 5.91 Å². The molecule has 4 rings (SSSR count). The smallest absolute Gasteiger partial charge is 0.241 e. The number of amides is 1. The molecule has 1 amide bonds. The lowest BCUT2D eigenvalue weighted by Gasteiger charge is -2.31. The van der Waals surface area contributed by atoms with E-state index in [1.807, 2.05) is 65.6 Å². The molecule has 0 aromatic heterocycles. The highest BCUT2D eigenvalue weighted by molar-refractivity contribution is 8.00. The van der Waals surface area contributed by atoms with E-state index < -0.39 is 0 Å². The minimum Gasteiger partial charge on any atom is -0.399 e. The second-order valence-corrected chi connectivity index (χ2v) is 7.76. The van der Waals surface area contributed by atoms with Crippen LogP contribution in [0.1, 0.15) is 0 Å². The van der Waals surface area contributed by atoms with Gasteiger partial charge in [0.25, 0.3) is 0 Å². The Morgan fingerprint density at radius 2 is 1.56 bits per heavy atom. The van der Waals surface area contributed by atoms with Gasteiger partial charge < -0.3 is 5.73 Å². The zero-order chi connectivity index (χ0) is 17.2. The maximum Gasteiger partial charge on any atom is 0.241 e. The largest absolute Gasteiger partial charge is 0.399 e. The van der Waals surface area contributed by atoms with Gasteiger partial charge in [0.1, 0.15) is 0 Å². The van der Waals surface area contributed by atoms with Gasteiger partial charge in [0, 0.05) is 20.4 Å². The molecule has 3 aromatic rings. The molecule has 0 aliphatic carbocycles. The van der Waals surface area contributed by atoms with Gasteiger partial charge >= 0.3 is 0 Å². The van der Waals surface area contributed by atoms with E-state index in [0.717, 1.165) is 26.1 Å². The van der Waals surface area contributed by atoms with Crippen LogP contribution in [0.15, 0.2) is 87.5 Å². The Kier molecular flexibility index (Phi) is 4.42. The van der Waals surface area contributed by atoms with Crippen LogP contribution in [0, 0.1) is 0 Å². The van der Waals surface area contributed by atoms with E-state index in [4.69, 9.17) is 5.73 Å². The van der Waals surface area contributed by atoms with Crippen molar-refractivity contribution >= 4 is 46.5 Å². The number of benzene rings is 3. The Labute approximate surface area is 155 Å². The molecular weight excluding hydrogens is 348 g/mol. The second kappa shape index (κ2) is 6.86. The number of carbonyl (C=O) groups excluding carboxylic acids is 1. The van der Waals surface area contributed by atoms with E-state index in [1.165, 1.54) is 11.8 Å². The van der Waals surface area contributed by atoms with Gasteiger partial charge in [-0.1, -0.05) is 42.1 Å². The average molecular weight is 364 g/mol. The fourth-order valence-electron chi connectivity index (χ4n) is 2.79. The third kappa shape index (κ3) is 3.25. The lowest BCUT2D eigenvalue weighted by molar-refractivity contribution is -0.115. The number of fused-ring (bicyclic) bond motifs is 2. The highest BCUT2D eigenvalue weighted by Gasteiger charge is 2.27. The van der Waals surface area contributed by atoms with Crippen LogP contribution < -0.4 is 10.6 Å². The minimum absolute atomic E-state index is 0.0626. The molecule has 1 aliphatic rings. The minimum atomic E-state index is 0.0626. The zero-order valence-corrected chi connectivity index (χ0v) is 15.0. The van der Waals surface area contributed by atoms with E-state index >= 15 is 0 Å². The molecule has 0 atom stereocenters. The van der Waals surface area contributed by atoms with Crippen molar-refractivity contribution in [1.82, 2.24) is 0 Å². The van der Waals surface area contributed by atoms with Gasteiger partial charge in [0.05, 0.1) is 17.1 Å². The Hall–Kier alpha value is -2.37. The quantitative estimate of drug-likeness (QED) is 0.513. The summed E-state index contributed by atoms with van der Waals surface area (Å²) in [5.41, 5.74) is 8.43. The van der Waals surface area contributed by atoms with Crippen LogP contribution in [-0.4, -0.2) is 11.7 Å². The third-order valence-electron chi connectivity index (χ3n) is 3.90. The number of rotatable bonds is 3. The first kappa shape index (κ1) is 16.1. The molecule has 1 aliphatic heterocycles. The van der Waals surface area contributed by atoms with E-state index in [1.54, 1.807) is 11.8 Å². The average Bonchev–Trinajstić information content (AvgIpc) is 2.64. The van der Waals surface area contributed by atoms with Crippen LogP contribution in [0.4, 0.5) is 17.1 Å². The van der Waals surface area contributed by atoms with E-state index in [-0.39, 0.29) is 5.91 Å². The van der Waals surface area contributed by atoms with E-state index in [0.29, 0.717) is 11.4 Å². The summed E-state index contributed by atoms with van der Waals surface area (Å²) in [6.45, 7) is 0. The summed E-state index contributed by atoms with van der Waals surface area (Å²) in [4.78, 5) is 18.1. The van der Waals surface area contributed by atoms with Crippen molar-refractivity contribution < 1.29 is 4.79 Å². The van der Waals surface area contributed by atoms with Crippen LogP contribution in [0.3, 0.4) is 0 Å². The summed E-state index contributed by atoms with van der Waals surface area (Å²) in [6, 6.07) is 23.7. The molecular formula is C20H16N2OS2. The number of thioether (sulfide) groups is 1. The van der Waals surface area contributed by atoms with Crippen LogP contribution in [0.25, 0.3) is 0 Å². The predicted octanol–water partition coefficient (Wildman–Crippen LogP) is 5.19. The number of nitrogens with two attached hydrogens (primary N) is 1. The van der Waals surface area contributed by atoms with Crippen molar-refractivity contribution in [2.45, 2.75) is 14.7 Å². The highest BCUT2D eigenvalue weighted by atomic mass is 32.2. The first-order valence-electron chi connectivity index (χ1n) is 7.89. The number of hydrogen-bond donors (Lipinski definition) is 1. The number of carbonyl (C=O) groups is 1. The molecule has 3 nitrogen and oxygen atoms in total. The van der Waals surface area contributed by atoms with Crippen LogP contribution in [-0.2, 0) is 4.79 Å². The SMILES string of the molecule is Nc1cccc(SCC(=O)N2c3ccccc3Sc3ccccc32)c1. The van der Waals surface area contributed by atoms with Gasteiger partial charge in [-0.15, -0.1) is 11.8 Å². The zero-order valence-electron chi connectivity index (χ0n) is 13.4. The molecule has 0 spiro atoms. The molecule has 0 unspecified atom stereocenters. The second-order valence-electron chi connectivity index (χ2n) is 5.63. The van der Waals surface area contributed by atoms with Crippen molar-refractivity contribution in [3.63, 3.8) is 0 Å². The molecule has 124 valence electrons. The molecule has 25 heavy (non-hydrogen) atoms. The number of nitrogen functional groups attached to an aromatic ring is 1. The molecule has 5 heteroatoms. The molecule has 0 saturated heterocycles. The summed E-state index contributed by atoms with van der Waals surface area (Å²) >= 11 is 3.21. The van der Waals surface area contributed by atoms with Crippen molar-refractivity contribution in [3.05, 3.63) is 72.8 Å². The van der Waals surface area contributed by atoms with Crippen LogP contribution in [0.2, 0.25) is 0 Å². The van der Waals surface area contributed by atoms with Gasteiger partial charge in [0.15, 0.2) is 0 Å². The topological polar surface area (TPSA) is 46.3 Å². The predicted molar refractivity (Wildman–Crippen MR) is 106 cm³/mol. The van der Waals surface area contributed by atoms with Crippen molar-refractivity contribution in [2.75, 3.05) is 16.4 Å². The number of para-hydroxylation sites is 2. The van der Waals surface area contributed by atoms with Crippen molar-refractivity contribution in [3.8, 4) is 0 Å². The Balaban J connectivity index is 1.64. The monoisotopic (exact) mass is 364 g/mol. The fourth-order valence-corrected chi connectivity index (χ4v) is 4.66. The lowest BCUT2D eigenvalue weighted by Crippen LogP contribution is -2.29. The van der Waals surface area contributed by atoms with Gasteiger partial charge in [-0.25, -0.2) is 0 Å². The van der Waals surface area contributed by atoms with Crippen LogP contribution >= 0.6 is 23.5 Å². The summed E-state index contributed by atoms with van der Waals surface area (Å²) in [5.74, 6) is 0.421. The van der Waals surface area contributed by atoms with E-state index in [9.17, 15) is 4.79 Å². The Bertz CT molecular complexity index is 897. The molecule has 0 saturated carbocycles. The number of anilines is 3. The first-order valence-corrected chi connectivity index (χ1v) is 9.70. The normalized spacial score (nSPS) is 12.4. The fraction of sp³-hybridized carbons (Fsp3) is 0.0500. The highest BCUT2D eigenvalue weighted by Crippen LogP contribution is 2.48. The summed E-state index contributed by atoms with van der Waals surface area (Å²) < 4.78 is 0. The maximum absolute atomic E-state index is 13.0. The standard InChI is InChI=1S/C20H16N2OS2/c21-14-6-5-7-15(12-14)24-13-20(23)22-16-8-1-3-10-18(16)25-19-11-4-2-9-17(19)22/h1-12H,13,21H2. The van der Waals surface area contributed by atoms with Crippen molar-refractivity contribution in [1.29, 1.82) is 0 Å².